The highest BCUT2D eigenvalue weighted by Gasteiger charge is 2.39. The second kappa shape index (κ2) is 13.1. The lowest BCUT2D eigenvalue weighted by Gasteiger charge is -2.43. The summed E-state index contributed by atoms with van der Waals surface area (Å²) in [6.45, 7) is 5.73. The Balaban J connectivity index is 1.29. The third-order valence-corrected chi connectivity index (χ3v) is 8.46. The highest BCUT2D eigenvalue weighted by atomic mass is 19.4. The Labute approximate surface area is 247 Å². The number of likely N-dealkylation sites (tertiary alicyclic amines) is 1. The molecule has 0 radical (unpaired) electrons. The molecule has 2 fully saturated rings. The van der Waals surface area contributed by atoms with Crippen LogP contribution in [-0.2, 0) is 25.3 Å². The maximum atomic E-state index is 13.6. The normalized spacial score (nSPS) is 20.7. The Bertz CT molecular complexity index is 1320. The van der Waals surface area contributed by atoms with Crippen molar-refractivity contribution in [3.05, 3.63) is 107 Å². The molecule has 4 nitrogen and oxygen atoms in total. The van der Waals surface area contributed by atoms with Gasteiger partial charge in [0.2, 0.25) is 0 Å². The van der Waals surface area contributed by atoms with Gasteiger partial charge in [-0.15, -0.1) is 0 Å². The number of amides is 1. The van der Waals surface area contributed by atoms with Crippen LogP contribution < -0.4 is 0 Å². The Morgan fingerprint density at radius 3 is 1.79 bits per heavy atom. The molecular weight excluding hydrogens is 568 g/mol. The second-order valence-electron chi connectivity index (χ2n) is 11.6. The van der Waals surface area contributed by atoms with E-state index in [1.807, 2.05) is 48.5 Å². The molecule has 0 aliphatic carbocycles. The second-order valence-corrected chi connectivity index (χ2v) is 11.6. The van der Waals surface area contributed by atoms with Crippen LogP contribution in [0.2, 0.25) is 0 Å². The van der Waals surface area contributed by atoms with Gasteiger partial charge in [-0.3, -0.25) is 9.69 Å². The highest BCUT2D eigenvalue weighted by Crippen LogP contribution is 2.37. The van der Waals surface area contributed by atoms with Crippen molar-refractivity contribution in [2.45, 2.75) is 44.2 Å². The molecule has 0 aromatic heterocycles. The fraction of sp³-hybridized carbons (Fsp3) is 0.424. The Kier molecular flexibility index (Phi) is 9.46. The van der Waals surface area contributed by atoms with Gasteiger partial charge in [0.05, 0.1) is 11.1 Å². The molecule has 3 aromatic carbocycles. The van der Waals surface area contributed by atoms with Gasteiger partial charge in [0, 0.05) is 57.4 Å². The highest BCUT2D eigenvalue weighted by molar-refractivity contribution is 5.95. The number of nitrogens with zero attached hydrogens (tertiary/aromatic N) is 3. The summed E-state index contributed by atoms with van der Waals surface area (Å²) in [4.78, 5) is 19.9. The predicted molar refractivity (Wildman–Crippen MR) is 152 cm³/mol. The summed E-state index contributed by atoms with van der Waals surface area (Å²) in [5.74, 6) is -0.545. The van der Waals surface area contributed by atoms with Crippen molar-refractivity contribution in [2.24, 2.45) is 5.92 Å². The number of hydrogen-bond acceptors (Lipinski definition) is 3. The quantitative estimate of drug-likeness (QED) is 0.272. The SMILES string of the molecule is O=C(c1cc(C(F)(F)F)cc(C(F)(F)F)c1)N1CCC(CN2CCN(Cc3ccccc3)CC2)CC1Cc1ccccc1. The van der Waals surface area contributed by atoms with Crippen molar-refractivity contribution in [3.63, 3.8) is 0 Å². The van der Waals surface area contributed by atoms with Crippen LogP contribution in [0.3, 0.4) is 0 Å². The molecule has 0 bridgehead atoms. The summed E-state index contributed by atoms with van der Waals surface area (Å²) in [6, 6.07) is 20.6. The summed E-state index contributed by atoms with van der Waals surface area (Å²) >= 11 is 0. The monoisotopic (exact) mass is 603 g/mol. The molecule has 2 aliphatic rings. The number of piperidine rings is 1. The number of alkyl halides is 6. The number of benzene rings is 3. The van der Waals surface area contributed by atoms with E-state index in [0.29, 0.717) is 31.4 Å². The van der Waals surface area contributed by atoms with Gasteiger partial charge in [-0.05, 0) is 54.5 Å². The summed E-state index contributed by atoms with van der Waals surface area (Å²) in [6.07, 6.45) is -8.31. The number of carbonyl (C=O) groups is 1. The van der Waals surface area contributed by atoms with Gasteiger partial charge < -0.3 is 9.80 Å². The molecule has 230 valence electrons. The van der Waals surface area contributed by atoms with Crippen molar-refractivity contribution in [3.8, 4) is 0 Å². The molecule has 2 unspecified atom stereocenters. The molecule has 0 N–H and O–H groups in total. The van der Waals surface area contributed by atoms with E-state index in [1.54, 1.807) is 0 Å². The van der Waals surface area contributed by atoms with Crippen LogP contribution in [0.15, 0.2) is 78.9 Å². The number of carbonyl (C=O) groups excluding carboxylic acids is 1. The van der Waals surface area contributed by atoms with E-state index in [1.165, 1.54) is 10.5 Å². The van der Waals surface area contributed by atoms with Crippen molar-refractivity contribution in [1.82, 2.24) is 14.7 Å². The molecule has 3 aromatic rings. The van der Waals surface area contributed by atoms with Crippen molar-refractivity contribution in [1.29, 1.82) is 0 Å². The van der Waals surface area contributed by atoms with Crippen molar-refractivity contribution < 1.29 is 31.1 Å². The smallest absolute Gasteiger partial charge is 0.335 e. The lowest BCUT2D eigenvalue weighted by Crippen LogP contribution is -2.51. The van der Waals surface area contributed by atoms with Gasteiger partial charge in [-0.1, -0.05) is 60.7 Å². The minimum Gasteiger partial charge on any atom is -0.335 e. The van der Waals surface area contributed by atoms with Crippen LogP contribution in [0, 0.1) is 5.92 Å². The molecule has 0 saturated carbocycles. The van der Waals surface area contributed by atoms with E-state index < -0.39 is 35.0 Å². The van der Waals surface area contributed by atoms with E-state index in [-0.39, 0.29) is 24.6 Å². The minimum absolute atomic E-state index is 0.0596. The molecule has 2 atom stereocenters. The molecule has 10 heteroatoms. The number of hydrogen-bond donors (Lipinski definition) is 0. The Hall–Kier alpha value is -3.37. The van der Waals surface area contributed by atoms with E-state index in [9.17, 15) is 31.1 Å². The Morgan fingerprint density at radius 2 is 1.23 bits per heavy atom. The van der Waals surface area contributed by atoms with Crippen LogP contribution in [0.4, 0.5) is 26.3 Å². The van der Waals surface area contributed by atoms with E-state index in [0.717, 1.165) is 44.8 Å². The molecule has 1 amide bonds. The van der Waals surface area contributed by atoms with E-state index in [4.69, 9.17) is 0 Å². The summed E-state index contributed by atoms with van der Waals surface area (Å²) < 4.78 is 81.1. The zero-order valence-corrected chi connectivity index (χ0v) is 23.7. The van der Waals surface area contributed by atoms with Crippen LogP contribution >= 0.6 is 0 Å². The predicted octanol–water partition coefficient (Wildman–Crippen LogP) is 7.01. The Morgan fingerprint density at radius 1 is 0.698 bits per heavy atom. The first kappa shape index (κ1) is 31.1. The number of piperazine rings is 1. The van der Waals surface area contributed by atoms with Crippen LogP contribution in [0.25, 0.3) is 0 Å². The topological polar surface area (TPSA) is 26.8 Å². The van der Waals surface area contributed by atoms with Crippen LogP contribution in [0.5, 0.6) is 0 Å². The molecule has 43 heavy (non-hydrogen) atoms. The molecule has 2 saturated heterocycles. The van der Waals surface area contributed by atoms with Crippen LogP contribution in [-0.4, -0.2) is 65.9 Å². The zero-order chi connectivity index (χ0) is 30.6. The minimum atomic E-state index is -5.02. The fourth-order valence-electron chi connectivity index (χ4n) is 6.23. The molecule has 0 spiro atoms. The lowest BCUT2D eigenvalue weighted by molar-refractivity contribution is -0.143. The first-order valence-electron chi connectivity index (χ1n) is 14.6. The zero-order valence-electron chi connectivity index (χ0n) is 23.7. The molecular formula is C33H35F6N3O. The summed E-state index contributed by atoms with van der Waals surface area (Å²) in [5.41, 5.74) is -1.31. The third-order valence-electron chi connectivity index (χ3n) is 8.46. The number of halogens is 6. The maximum absolute atomic E-state index is 13.6. The molecule has 2 heterocycles. The number of rotatable bonds is 7. The van der Waals surface area contributed by atoms with Gasteiger partial charge in [0.25, 0.3) is 5.91 Å². The van der Waals surface area contributed by atoms with Crippen molar-refractivity contribution >= 4 is 5.91 Å². The third kappa shape index (κ3) is 8.17. The van der Waals surface area contributed by atoms with Gasteiger partial charge >= 0.3 is 12.4 Å². The van der Waals surface area contributed by atoms with Gasteiger partial charge in [0.15, 0.2) is 0 Å². The fourth-order valence-corrected chi connectivity index (χ4v) is 6.23. The van der Waals surface area contributed by atoms with Gasteiger partial charge in [0.1, 0.15) is 0 Å². The standard InChI is InChI=1S/C33H35F6N3O/c34-32(35,36)28-19-27(20-29(21-28)33(37,38)39)31(43)42-12-11-26(18-30(42)17-24-7-3-1-4-8-24)23-41-15-13-40(14-16-41)22-25-9-5-2-6-10-25/h1-10,19-21,26,30H,11-18,22-23H2. The van der Waals surface area contributed by atoms with E-state index >= 15 is 0 Å². The van der Waals surface area contributed by atoms with Gasteiger partial charge in [-0.25, -0.2) is 0 Å². The average Bonchev–Trinajstić information content (AvgIpc) is 2.98. The molecule has 2 aliphatic heterocycles. The maximum Gasteiger partial charge on any atom is 0.416 e. The van der Waals surface area contributed by atoms with Crippen molar-refractivity contribution in [2.75, 3.05) is 39.3 Å². The summed E-state index contributed by atoms with van der Waals surface area (Å²) in [7, 11) is 0. The first-order chi connectivity index (χ1) is 20.5. The largest absolute Gasteiger partial charge is 0.416 e. The summed E-state index contributed by atoms with van der Waals surface area (Å²) in [5, 5.41) is 0. The van der Waals surface area contributed by atoms with Gasteiger partial charge in [-0.2, -0.15) is 26.3 Å². The van der Waals surface area contributed by atoms with Crippen LogP contribution in [0.1, 0.15) is 45.5 Å². The van der Waals surface area contributed by atoms with E-state index in [2.05, 4.69) is 21.9 Å². The lowest BCUT2D eigenvalue weighted by atomic mass is 9.86. The first-order valence-corrected chi connectivity index (χ1v) is 14.6. The molecule has 5 rings (SSSR count). The average molecular weight is 604 g/mol.